The third-order valence-corrected chi connectivity index (χ3v) is 2.83. The summed E-state index contributed by atoms with van der Waals surface area (Å²) in [7, 11) is 0. The minimum atomic E-state index is -1.12. The molecule has 6 heteroatoms. The number of carboxylic acid groups (broad SMARTS) is 1. The van der Waals surface area contributed by atoms with Crippen LogP contribution in [0.2, 0.25) is 0 Å². The first-order valence-corrected chi connectivity index (χ1v) is 5.89. The minimum absolute atomic E-state index is 0.110. The molecule has 0 spiro atoms. The fourth-order valence-corrected chi connectivity index (χ4v) is 1.99. The molecule has 2 heterocycles. The molecule has 0 aliphatic rings. The van der Waals surface area contributed by atoms with E-state index in [0.717, 1.165) is 12.1 Å². The third-order valence-electron chi connectivity index (χ3n) is 2.06. The van der Waals surface area contributed by atoms with E-state index in [1.165, 1.54) is 17.5 Å². The van der Waals surface area contributed by atoms with Gasteiger partial charge in [0.1, 0.15) is 0 Å². The molecule has 0 atom stereocenters. The lowest BCUT2D eigenvalue weighted by Gasteiger charge is -2.03. The first-order valence-electron chi connectivity index (χ1n) is 5.01. The summed E-state index contributed by atoms with van der Waals surface area (Å²) in [5.74, 6) is -0.912. The van der Waals surface area contributed by atoms with Gasteiger partial charge in [-0.15, -0.1) is 0 Å². The number of carboxylic acids is 1. The highest BCUT2D eigenvalue weighted by Gasteiger charge is 2.14. The van der Waals surface area contributed by atoms with Crippen molar-refractivity contribution < 1.29 is 14.6 Å². The van der Waals surface area contributed by atoms with E-state index in [1.807, 2.05) is 12.3 Å². The molecule has 0 bridgehead atoms. The topological polar surface area (TPSA) is 72.3 Å². The van der Waals surface area contributed by atoms with Gasteiger partial charge in [0.2, 0.25) is 0 Å². The summed E-state index contributed by atoms with van der Waals surface area (Å²) in [6.45, 7) is 1.99. The van der Waals surface area contributed by atoms with E-state index in [4.69, 9.17) is 9.84 Å². The molecule has 0 unspecified atom stereocenters. The summed E-state index contributed by atoms with van der Waals surface area (Å²) in [5, 5.41) is 11.2. The van der Waals surface area contributed by atoms with E-state index >= 15 is 0 Å². The van der Waals surface area contributed by atoms with E-state index in [-0.39, 0.29) is 11.4 Å². The SMILES string of the molecule is CCc1csc(Oc2cccnc2C(=O)O)n1. The maximum absolute atomic E-state index is 10.9. The van der Waals surface area contributed by atoms with Crippen LogP contribution in [0.1, 0.15) is 23.1 Å². The molecule has 2 rings (SSSR count). The summed E-state index contributed by atoms with van der Waals surface area (Å²) in [6.07, 6.45) is 2.23. The van der Waals surface area contributed by atoms with Gasteiger partial charge in [-0.2, -0.15) is 0 Å². The quantitative estimate of drug-likeness (QED) is 0.902. The Labute approximate surface area is 102 Å². The highest BCUT2D eigenvalue weighted by Crippen LogP contribution is 2.27. The molecule has 0 aromatic carbocycles. The maximum atomic E-state index is 10.9. The van der Waals surface area contributed by atoms with Crippen LogP contribution in [0.15, 0.2) is 23.7 Å². The summed E-state index contributed by atoms with van der Waals surface area (Å²) in [5.41, 5.74) is 0.812. The fourth-order valence-electron chi connectivity index (χ4n) is 1.23. The molecule has 5 nitrogen and oxygen atoms in total. The van der Waals surface area contributed by atoms with Crippen LogP contribution < -0.4 is 4.74 Å². The molecule has 0 fully saturated rings. The van der Waals surface area contributed by atoms with Crippen molar-refractivity contribution in [1.29, 1.82) is 0 Å². The predicted molar refractivity (Wildman–Crippen MR) is 62.8 cm³/mol. The van der Waals surface area contributed by atoms with Crippen LogP contribution in [0.3, 0.4) is 0 Å². The third kappa shape index (κ3) is 2.59. The molecule has 0 saturated heterocycles. The predicted octanol–water partition coefficient (Wildman–Crippen LogP) is 2.59. The van der Waals surface area contributed by atoms with Crippen LogP contribution >= 0.6 is 11.3 Å². The van der Waals surface area contributed by atoms with Crippen LogP contribution in [0.5, 0.6) is 10.9 Å². The molecule has 0 amide bonds. The van der Waals surface area contributed by atoms with Crippen molar-refractivity contribution in [3.05, 3.63) is 35.1 Å². The minimum Gasteiger partial charge on any atom is -0.476 e. The zero-order valence-electron chi connectivity index (χ0n) is 9.08. The molecule has 0 aliphatic carbocycles. The number of thiazole rings is 1. The smallest absolute Gasteiger partial charge is 0.358 e. The zero-order valence-corrected chi connectivity index (χ0v) is 9.90. The van der Waals surface area contributed by atoms with Crippen LogP contribution in [0, 0.1) is 0 Å². The number of pyridine rings is 1. The van der Waals surface area contributed by atoms with Crippen LogP contribution in [-0.2, 0) is 6.42 Å². The van der Waals surface area contributed by atoms with Crippen molar-refractivity contribution in [1.82, 2.24) is 9.97 Å². The Morgan fingerprint density at radius 2 is 2.41 bits per heavy atom. The number of hydrogen-bond donors (Lipinski definition) is 1. The molecule has 0 aliphatic heterocycles. The average molecular weight is 250 g/mol. The molecule has 0 radical (unpaired) electrons. The van der Waals surface area contributed by atoms with E-state index < -0.39 is 5.97 Å². The van der Waals surface area contributed by atoms with Gasteiger partial charge >= 0.3 is 5.97 Å². The summed E-state index contributed by atoms with van der Waals surface area (Å²) < 4.78 is 5.42. The average Bonchev–Trinajstić information content (AvgIpc) is 2.77. The van der Waals surface area contributed by atoms with Gasteiger partial charge in [0, 0.05) is 11.6 Å². The number of aromatic carboxylic acids is 1. The molecule has 1 N–H and O–H groups in total. The first kappa shape index (κ1) is 11.5. The monoisotopic (exact) mass is 250 g/mol. The molecule has 2 aromatic rings. The highest BCUT2D eigenvalue weighted by molar-refractivity contribution is 7.11. The fraction of sp³-hybridized carbons (Fsp3) is 0.182. The van der Waals surface area contributed by atoms with Gasteiger partial charge in [-0.3, -0.25) is 0 Å². The Morgan fingerprint density at radius 1 is 1.59 bits per heavy atom. The van der Waals surface area contributed by atoms with Crippen molar-refractivity contribution >= 4 is 17.3 Å². The van der Waals surface area contributed by atoms with E-state index in [2.05, 4.69) is 9.97 Å². The van der Waals surface area contributed by atoms with Crippen molar-refractivity contribution in [3.8, 4) is 10.9 Å². The van der Waals surface area contributed by atoms with Crippen molar-refractivity contribution in [2.45, 2.75) is 13.3 Å². The number of nitrogens with zero attached hydrogens (tertiary/aromatic N) is 2. The highest BCUT2D eigenvalue weighted by atomic mass is 32.1. The van der Waals surface area contributed by atoms with Gasteiger partial charge in [-0.1, -0.05) is 18.3 Å². The Morgan fingerprint density at radius 3 is 3.06 bits per heavy atom. The number of carbonyl (C=O) groups is 1. The lowest BCUT2D eigenvalue weighted by Crippen LogP contribution is -2.02. The van der Waals surface area contributed by atoms with Gasteiger partial charge in [-0.25, -0.2) is 14.8 Å². The molecular weight excluding hydrogens is 240 g/mol. The number of ether oxygens (including phenoxy) is 1. The number of aromatic nitrogens is 2. The van der Waals surface area contributed by atoms with Crippen molar-refractivity contribution in [2.24, 2.45) is 0 Å². The van der Waals surface area contributed by atoms with E-state index in [9.17, 15) is 4.79 Å². The lowest BCUT2D eigenvalue weighted by atomic mass is 10.3. The Balaban J connectivity index is 2.26. The van der Waals surface area contributed by atoms with Gasteiger partial charge < -0.3 is 9.84 Å². The largest absolute Gasteiger partial charge is 0.476 e. The summed E-state index contributed by atoms with van der Waals surface area (Å²) >= 11 is 1.34. The Kier molecular flexibility index (Phi) is 3.34. The second kappa shape index (κ2) is 4.92. The van der Waals surface area contributed by atoms with E-state index in [0.29, 0.717) is 5.19 Å². The second-order valence-corrected chi connectivity index (χ2v) is 4.04. The summed E-state index contributed by atoms with van der Waals surface area (Å²) in [4.78, 5) is 18.9. The van der Waals surface area contributed by atoms with Crippen molar-refractivity contribution in [2.75, 3.05) is 0 Å². The van der Waals surface area contributed by atoms with Gasteiger partial charge in [0.25, 0.3) is 5.19 Å². The molecule has 0 saturated carbocycles. The molecular formula is C11H10N2O3S. The Bertz CT molecular complexity index is 539. The van der Waals surface area contributed by atoms with Crippen LogP contribution in [0.25, 0.3) is 0 Å². The van der Waals surface area contributed by atoms with Gasteiger partial charge in [0.15, 0.2) is 11.4 Å². The lowest BCUT2D eigenvalue weighted by molar-refractivity contribution is 0.0687. The normalized spacial score (nSPS) is 10.2. The number of rotatable bonds is 4. The second-order valence-electron chi connectivity index (χ2n) is 3.22. The van der Waals surface area contributed by atoms with Gasteiger partial charge in [-0.05, 0) is 18.6 Å². The van der Waals surface area contributed by atoms with Gasteiger partial charge in [0.05, 0.1) is 5.69 Å². The number of aryl methyl sites for hydroxylation is 1. The van der Waals surface area contributed by atoms with Crippen LogP contribution in [0.4, 0.5) is 0 Å². The first-order chi connectivity index (χ1) is 8.20. The zero-order chi connectivity index (χ0) is 12.3. The Hall–Kier alpha value is -1.95. The molecule has 2 aromatic heterocycles. The summed E-state index contributed by atoms with van der Waals surface area (Å²) in [6, 6.07) is 3.18. The molecule has 17 heavy (non-hydrogen) atoms. The number of hydrogen-bond acceptors (Lipinski definition) is 5. The molecule has 88 valence electrons. The van der Waals surface area contributed by atoms with Crippen LogP contribution in [-0.4, -0.2) is 21.0 Å². The van der Waals surface area contributed by atoms with E-state index in [1.54, 1.807) is 12.1 Å². The van der Waals surface area contributed by atoms with Crippen molar-refractivity contribution in [3.63, 3.8) is 0 Å². The standard InChI is InChI=1S/C11H10N2O3S/c1-2-7-6-17-11(13-7)16-8-4-3-5-12-9(8)10(14)15/h3-6H,2H2,1H3,(H,14,15). The maximum Gasteiger partial charge on any atom is 0.358 e.